The van der Waals surface area contributed by atoms with Crippen LogP contribution in [-0.2, 0) is 6.42 Å². The van der Waals surface area contributed by atoms with Crippen LogP contribution in [-0.4, -0.2) is 28.0 Å². The molecule has 1 unspecified atom stereocenters. The van der Waals surface area contributed by atoms with E-state index < -0.39 is 0 Å². The molecule has 0 aliphatic heterocycles. The summed E-state index contributed by atoms with van der Waals surface area (Å²) in [5, 5.41) is 3.87. The van der Waals surface area contributed by atoms with Crippen LogP contribution in [0, 0.1) is 0 Å². The number of rotatable bonds is 6. The van der Waals surface area contributed by atoms with E-state index in [1.54, 1.807) is 0 Å². The van der Waals surface area contributed by atoms with Crippen molar-refractivity contribution in [3.8, 4) is 0 Å². The van der Waals surface area contributed by atoms with Crippen molar-refractivity contribution in [2.75, 3.05) is 23.5 Å². The van der Waals surface area contributed by atoms with Gasteiger partial charge in [-0.25, -0.2) is 15.8 Å². The van der Waals surface area contributed by atoms with E-state index in [1.807, 2.05) is 11.8 Å². The molecular weight excluding hydrogens is 222 g/mol. The molecule has 0 aliphatic rings. The fourth-order valence-electron chi connectivity index (χ4n) is 1.35. The first-order valence-electron chi connectivity index (χ1n) is 5.30. The first-order chi connectivity index (χ1) is 7.72. The van der Waals surface area contributed by atoms with E-state index in [1.165, 1.54) is 6.33 Å². The van der Waals surface area contributed by atoms with Crippen LogP contribution >= 0.6 is 11.8 Å². The van der Waals surface area contributed by atoms with Crippen LogP contribution in [0.4, 0.5) is 11.6 Å². The maximum Gasteiger partial charge on any atom is 0.148 e. The van der Waals surface area contributed by atoms with E-state index in [2.05, 4.69) is 40.8 Å². The van der Waals surface area contributed by atoms with Gasteiger partial charge in [-0.05, 0) is 12.7 Å². The molecule has 1 rings (SSSR count). The number of anilines is 2. The zero-order valence-corrected chi connectivity index (χ0v) is 10.8. The van der Waals surface area contributed by atoms with E-state index in [-0.39, 0.29) is 0 Å². The van der Waals surface area contributed by atoms with E-state index in [9.17, 15) is 0 Å². The lowest BCUT2D eigenvalue weighted by molar-refractivity contribution is 0.962. The molecule has 1 atom stereocenters. The molecule has 0 amide bonds. The molecule has 0 spiro atoms. The lowest BCUT2D eigenvalue weighted by Gasteiger charge is -2.14. The molecule has 16 heavy (non-hydrogen) atoms. The smallest absolute Gasteiger partial charge is 0.148 e. The maximum atomic E-state index is 5.41. The summed E-state index contributed by atoms with van der Waals surface area (Å²) >= 11 is 1.82. The van der Waals surface area contributed by atoms with Gasteiger partial charge in [-0.15, -0.1) is 0 Å². The molecule has 5 nitrogen and oxygen atoms in total. The third-order valence-corrected chi connectivity index (χ3v) is 3.37. The van der Waals surface area contributed by atoms with Crippen LogP contribution in [0.5, 0.6) is 0 Å². The highest BCUT2D eigenvalue weighted by Gasteiger charge is 2.09. The predicted octanol–water partition coefficient (Wildman–Crippen LogP) is 1.49. The summed E-state index contributed by atoms with van der Waals surface area (Å²) in [5.74, 6) is 6.96. The molecule has 0 radical (unpaired) electrons. The summed E-state index contributed by atoms with van der Waals surface area (Å²) < 4.78 is 0. The van der Waals surface area contributed by atoms with E-state index >= 15 is 0 Å². The Labute approximate surface area is 101 Å². The molecular formula is C10H19N5S. The molecule has 0 aliphatic carbocycles. The monoisotopic (exact) mass is 241 g/mol. The quantitative estimate of drug-likeness (QED) is 0.517. The minimum atomic E-state index is 0.550. The van der Waals surface area contributed by atoms with Gasteiger partial charge >= 0.3 is 0 Å². The zero-order valence-electron chi connectivity index (χ0n) is 9.95. The molecule has 0 bridgehead atoms. The number of nitrogen functional groups attached to an aromatic ring is 1. The molecule has 0 aromatic carbocycles. The highest BCUT2D eigenvalue weighted by atomic mass is 32.2. The summed E-state index contributed by atoms with van der Waals surface area (Å²) in [5.41, 5.74) is 3.62. The summed E-state index contributed by atoms with van der Waals surface area (Å²) in [7, 11) is 0. The van der Waals surface area contributed by atoms with Crippen molar-refractivity contribution in [3.05, 3.63) is 11.9 Å². The van der Waals surface area contributed by atoms with Crippen molar-refractivity contribution >= 4 is 23.4 Å². The van der Waals surface area contributed by atoms with Crippen molar-refractivity contribution in [2.45, 2.75) is 25.5 Å². The number of nitrogens with two attached hydrogens (primary N) is 1. The van der Waals surface area contributed by atoms with Gasteiger partial charge in [0.05, 0.1) is 0 Å². The molecule has 1 aromatic rings. The third kappa shape index (κ3) is 3.24. The zero-order chi connectivity index (χ0) is 12.0. The average Bonchev–Trinajstić information content (AvgIpc) is 2.34. The Morgan fingerprint density at radius 2 is 2.12 bits per heavy atom. The molecule has 90 valence electrons. The van der Waals surface area contributed by atoms with E-state index in [0.717, 1.165) is 24.3 Å². The van der Waals surface area contributed by atoms with E-state index in [0.29, 0.717) is 11.1 Å². The Balaban J connectivity index is 2.78. The lowest BCUT2D eigenvalue weighted by atomic mass is 10.2. The second kappa shape index (κ2) is 6.55. The van der Waals surface area contributed by atoms with Crippen LogP contribution in [0.1, 0.15) is 19.4 Å². The van der Waals surface area contributed by atoms with Gasteiger partial charge in [-0.1, -0.05) is 13.8 Å². The van der Waals surface area contributed by atoms with Crippen LogP contribution in [0.3, 0.4) is 0 Å². The van der Waals surface area contributed by atoms with Crippen molar-refractivity contribution in [2.24, 2.45) is 5.84 Å². The van der Waals surface area contributed by atoms with Crippen LogP contribution in [0.25, 0.3) is 0 Å². The Bertz CT molecular complexity index is 331. The molecule has 4 N–H and O–H groups in total. The molecule has 0 saturated carbocycles. The summed E-state index contributed by atoms with van der Waals surface area (Å²) in [6.45, 7) is 5.12. The minimum Gasteiger partial charge on any atom is -0.369 e. The number of thioether (sulfide) groups is 1. The van der Waals surface area contributed by atoms with Gasteiger partial charge in [0, 0.05) is 17.4 Å². The molecule has 1 aromatic heterocycles. The Morgan fingerprint density at radius 3 is 2.69 bits per heavy atom. The first-order valence-corrected chi connectivity index (χ1v) is 6.58. The summed E-state index contributed by atoms with van der Waals surface area (Å²) in [6.07, 6.45) is 4.46. The fourth-order valence-corrected chi connectivity index (χ4v) is 1.60. The van der Waals surface area contributed by atoms with E-state index in [4.69, 9.17) is 5.84 Å². The van der Waals surface area contributed by atoms with Crippen molar-refractivity contribution in [1.29, 1.82) is 0 Å². The Kier molecular flexibility index (Phi) is 5.34. The topological polar surface area (TPSA) is 75.9 Å². The standard InChI is InChI=1S/C10H19N5S/c1-4-8-9(12-5-7(2)16-3)13-6-14-10(8)15-11/h6-7H,4-5,11H2,1-3H3,(H2,12,13,14,15). The van der Waals surface area contributed by atoms with Gasteiger partial charge in [0.2, 0.25) is 0 Å². The third-order valence-electron chi connectivity index (χ3n) is 2.39. The number of nitrogens with one attached hydrogen (secondary N) is 2. The molecule has 1 heterocycles. The largest absolute Gasteiger partial charge is 0.369 e. The van der Waals surface area contributed by atoms with Gasteiger partial charge in [0.15, 0.2) is 0 Å². The van der Waals surface area contributed by atoms with Gasteiger partial charge in [0.1, 0.15) is 18.0 Å². The Hall–Kier alpha value is -1.01. The highest BCUT2D eigenvalue weighted by Crippen LogP contribution is 2.19. The van der Waals surface area contributed by atoms with Gasteiger partial charge in [-0.3, -0.25) is 0 Å². The van der Waals surface area contributed by atoms with Crippen LogP contribution in [0.2, 0.25) is 0 Å². The van der Waals surface area contributed by atoms with Gasteiger partial charge < -0.3 is 10.7 Å². The van der Waals surface area contributed by atoms with Crippen molar-refractivity contribution in [3.63, 3.8) is 0 Å². The average molecular weight is 241 g/mol. The van der Waals surface area contributed by atoms with Crippen LogP contribution in [0.15, 0.2) is 6.33 Å². The molecule has 0 fully saturated rings. The van der Waals surface area contributed by atoms with Gasteiger partial charge in [0.25, 0.3) is 0 Å². The second-order valence-corrected chi connectivity index (χ2v) is 4.75. The lowest BCUT2D eigenvalue weighted by Crippen LogP contribution is -2.17. The second-order valence-electron chi connectivity index (χ2n) is 3.47. The first kappa shape index (κ1) is 13.1. The number of hydrogen-bond acceptors (Lipinski definition) is 6. The SMILES string of the molecule is CCc1c(NN)ncnc1NCC(C)SC. The predicted molar refractivity (Wildman–Crippen MR) is 70.7 cm³/mol. The number of nitrogens with zero attached hydrogens (tertiary/aromatic N) is 2. The van der Waals surface area contributed by atoms with Crippen molar-refractivity contribution in [1.82, 2.24) is 9.97 Å². The number of hydrogen-bond donors (Lipinski definition) is 3. The normalized spacial score (nSPS) is 12.2. The Morgan fingerprint density at radius 1 is 1.44 bits per heavy atom. The molecule has 6 heteroatoms. The highest BCUT2D eigenvalue weighted by molar-refractivity contribution is 7.99. The maximum absolute atomic E-state index is 5.41. The van der Waals surface area contributed by atoms with Gasteiger partial charge in [-0.2, -0.15) is 11.8 Å². The summed E-state index contributed by atoms with van der Waals surface area (Å²) in [4.78, 5) is 8.32. The fraction of sp³-hybridized carbons (Fsp3) is 0.600. The number of hydrazine groups is 1. The minimum absolute atomic E-state index is 0.550. The van der Waals surface area contributed by atoms with Crippen LogP contribution < -0.4 is 16.6 Å². The number of aromatic nitrogens is 2. The molecule has 0 saturated heterocycles. The van der Waals surface area contributed by atoms with Crippen molar-refractivity contribution < 1.29 is 0 Å². The summed E-state index contributed by atoms with van der Waals surface area (Å²) in [6, 6.07) is 0.